The Hall–Kier alpha value is -1.56. The molecule has 0 nitrogen and oxygen atoms in total. The predicted octanol–water partition coefficient (Wildman–Crippen LogP) is 5.39. The standard InChI is InChI=1S/C16H20.CH4/c1-8-10-14-12(4)13(5)15(11(3)9-2)16(14,6)7;/h8-10H,1-2,4-5H2,3,6-7H3;1H4/b14-10+,15-11+;. The zero-order valence-corrected chi connectivity index (χ0v) is 10.6. The molecule has 0 saturated heterocycles. The second-order valence-electron chi connectivity index (χ2n) is 4.66. The van der Waals surface area contributed by atoms with Crippen molar-refractivity contribution in [3.63, 3.8) is 0 Å². The SMILES string of the molecule is C.C=C/C=C1\C(=C)C(=C)/C(=C(/C)C=C)C1(C)C. The first-order chi connectivity index (χ1) is 7.37. The Balaban J connectivity index is 0.00000256. The minimum absolute atomic E-state index is 0. The van der Waals surface area contributed by atoms with E-state index in [9.17, 15) is 0 Å². The molecule has 0 bridgehead atoms. The van der Waals surface area contributed by atoms with Crippen molar-refractivity contribution in [2.75, 3.05) is 0 Å². The number of hydrogen-bond donors (Lipinski definition) is 0. The monoisotopic (exact) mass is 228 g/mol. The maximum atomic E-state index is 4.13. The minimum Gasteiger partial charge on any atom is -0.0991 e. The van der Waals surface area contributed by atoms with Crippen LogP contribution in [-0.2, 0) is 0 Å². The van der Waals surface area contributed by atoms with E-state index in [1.807, 2.05) is 18.2 Å². The highest BCUT2D eigenvalue weighted by molar-refractivity contribution is 5.69. The van der Waals surface area contributed by atoms with Crippen molar-refractivity contribution in [3.05, 3.63) is 72.4 Å². The summed E-state index contributed by atoms with van der Waals surface area (Å²) in [6.07, 6.45) is 5.71. The highest BCUT2D eigenvalue weighted by Gasteiger charge is 2.39. The van der Waals surface area contributed by atoms with Gasteiger partial charge < -0.3 is 0 Å². The van der Waals surface area contributed by atoms with E-state index >= 15 is 0 Å². The summed E-state index contributed by atoms with van der Waals surface area (Å²) in [4.78, 5) is 0. The van der Waals surface area contributed by atoms with Crippen molar-refractivity contribution in [2.45, 2.75) is 28.2 Å². The van der Waals surface area contributed by atoms with Gasteiger partial charge in [0.25, 0.3) is 0 Å². The van der Waals surface area contributed by atoms with Gasteiger partial charge in [-0.15, -0.1) is 0 Å². The highest BCUT2D eigenvalue weighted by atomic mass is 14.4. The van der Waals surface area contributed by atoms with Crippen LogP contribution < -0.4 is 0 Å². The summed E-state index contributed by atoms with van der Waals surface area (Å²) in [6.45, 7) is 22.3. The van der Waals surface area contributed by atoms with Gasteiger partial charge >= 0.3 is 0 Å². The summed E-state index contributed by atoms with van der Waals surface area (Å²) in [5.74, 6) is 0. The van der Waals surface area contributed by atoms with Crippen molar-refractivity contribution < 1.29 is 0 Å². The van der Waals surface area contributed by atoms with Crippen LogP contribution in [0, 0.1) is 5.41 Å². The Labute approximate surface area is 106 Å². The maximum Gasteiger partial charge on any atom is 0.0161 e. The molecule has 0 unspecified atom stereocenters. The predicted molar refractivity (Wildman–Crippen MR) is 80.0 cm³/mol. The molecule has 1 fully saturated rings. The molecule has 0 aromatic heterocycles. The third-order valence-electron chi connectivity index (χ3n) is 3.27. The molecule has 92 valence electrons. The number of rotatable bonds is 2. The molecule has 0 atom stereocenters. The van der Waals surface area contributed by atoms with Gasteiger partial charge in [0.1, 0.15) is 0 Å². The molecule has 0 heterocycles. The van der Waals surface area contributed by atoms with Crippen LogP contribution in [0.1, 0.15) is 28.2 Å². The fourth-order valence-corrected chi connectivity index (χ4v) is 2.46. The second-order valence-corrected chi connectivity index (χ2v) is 4.66. The van der Waals surface area contributed by atoms with Crippen LogP contribution >= 0.6 is 0 Å². The van der Waals surface area contributed by atoms with Crippen molar-refractivity contribution in [1.82, 2.24) is 0 Å². The average molecular weight is 228 g/mol. The average Bonchev–Trinajstić information content (AvgIpc) is 2.38. The van der Waals surface area contributed by atoms with Crippen LogP contribution in [0.5, 0.6) is 0 Å². The van der Waals surface area contributed by atoms with E-state index in [1.54, 1.807) is 0 Å². The van der Waals surface area contributed by atoms with Gasteiger partial charge in [0.2, 0.25) is 0 Å². The van der Waals surface area contributed by atoms with E-state index in [-0.39, 0.29) is 12.8 Å². The summed E-state index contributed by atoms with van der Waals surface area (Å²) in [7, 11) is 0. The van der Waals surface area contributed by atoms with Gasteiger partial charge in [-0.2, -0.15) is 0 Å². The molecule has 0 heteroatoms. The van der Waals surface area contributed by atoms with Crippen LogP contribution in [-0.4, -0.2) is 0 Å². The summed E-state index contributed by atoms with van der Waals surface area (Å²) in [5, 5.41) is 0. The second kappa shape index (κ2) is 5.18. The van der Waals surface area contributed by atoms with Crippen molar-refractivity contribution in [3.8, 4) is 0 Å². The fraction of sp³-hybridized carbons (Fsp3) is 0.294. The Morgan fingerprint density at radius 3 is 2.06 bits per heavy atom. The third-order valence-corrected chi connectivity index (χ3v) is 3.27. The van der Waals surface area contributed by atoms with E-state index in [2.05, 4.69) is 47.1 Å². The largest absolute Gasteiger partial charge is 0.0991 e. The molecule has 0 aromatic carbocycles. The minimum atomic E-state index is -0.0549. The lowest BCUT2D eigenvalue weighted by Crippen LogP contribution is -2.12. The van der Waals surface area contributed by atoms with Crippen LogP contribution in [0.4, 0.5) is 0 Å². The number of hydrogen-bond acceptors (Lipinski definition) is 0. The summed E-state index contributed by atoms with van der Waals surface area (Å²) in [6, 6.07) is 0. The molecular weight excluding hydrogens is 204 g/mol. The van der Waals surface area contributed by atoms with E-state index in [0.29, 0.717) is 0 Å². The zero-order chi connectivity index (χ0) is 12.5. The lowest BCUT2D eigenvalue weighted by atomic mass is 9.80. The quantitative estimate of drug-likeness (QED) is 0.594. The fourth-order valence-electron chi connectivity index (χ4n) is 2.46. The Morgan fingerprint density at radius 1 is 1.12 bits per heavy atom. The Bertz CT molecular complexity index is 437. The van der Waals surface area contributed by atoms with Gasteiger partial charge in [0, 0.05) is 5.41 Å². The lowest BCUT2D eigenvalue weighted by Gasteiger charge is -2.23. The van der Waals surface area contributed by atoms with Crippen molar-refractivity contribution >= 4 is 0 Å². The lowest BCUT2D eigenvalue weighted by molar-refractivity contribution is 0.579. The molecule has 1 rings (SSSR count). The van der Waals surface area contributed by atoms with Crippen molar-refractivity contribution in [1.29, 1.82) is 0 Å². The topological polar surface area (TPSA) is 0 Å². The zero-order valence-electron chi connectivity index (χ0n) is 10.6. The first kappa shape index (κ1) is 15.4. The van der Waals surface area contributed by atoms with Gasteiger partial charge in [-0.3, -0.25) is 0 Å². The first-order valence-electron chi connectivity index (χ1n) is 5.43. The molecule has 17 heavy (non-hydrogen) atoms. The summed E-state index contributed by atoms with van der Waals surface area (Å²) in [5.41, 5.74) is 5.59. The van der Waals surface area contributed by atoms with Crippen LogP contribution in [0.15, 0.2) is 72.4 Å². The van der Waals surface area contributed by atoms with Crippen LogP contribution in [0.2, 0.25) is 0 Å². The van der Waals surface area contributed by atoms with Crippen LogP contribution in [0.3, 0.4) is 0 Å². The van der Waals surface area contributed by atoms with E-state index in [1.165, 1.54) is 16.7 Å². The molecule has 0 N–H and O–H groups in total. The first-order valence-corrected chi connectivity index (χ1v) is 5.43. The molecule has 0 spiro atoms. The molecule has 1 aliphatic carbocycles. The van der Waals surface area contributed by atoms with Gasteiger partial charge in [0.05, 0.1) is 0 Å². The molecule has 0 amide bonds. The molecular formula is C17H24. The molecule has 1 aliphatic rings. The smallest absolute Gasteiger partial charge is 0.0161 e. The highest BCUT2D eigenvalue weighted by Crippen LogP contribution is 2.53. The normalized spacial score (nSPS) is 23.4. The van der Waals surface area contributed by atoms with E-state index < -0.39 is 0 Å². The molecule has 0 radical (unpaired) electrons. The molecule has 0 aromatic rings. The number of allylic oxidation sites excluding steroid dienone is 8. The summed E-state index contributed by atoms with van der Waals surface area (Å²) < 4.78 is 0. The van der Waals surface area contributed by atoms with Crippen LogP contribution in [0.25, 0.3) is 0 Å². The molecule has 1 saturated carbocycles. The third kappa shape index (κ3) is 2.26. The van der Waals surface area contributed by atoms with E-state index in [0.717, 1.165) is 11.1 Å². The molecule has 0 aliphatic heterocycles. The summed E-state index contributed by atoms with van der Waals surface area (Å²) >= 11 is 0. The van der Waals surface area contributed by atoms with Gasteiger partial charge in [0.15, 0.2) is 0 Å². The Kier molecular flexibility index (Phi) is 4.70. The van der Waals surface area contributed by atoms with Gasteiger partial charge in [-0.1, -0.05) is 65.8 Å². The van der Waals surface area contributed by atoms with Gasteiger partial charge in [-0.25, -0.2) is 0 Å². The van der Waals surface area contributed by atoms with E-state index in [4.69, 9.17) is 0 Å². The Morgan fingerprint density at radius 2 is 1.65 bits per heavy atom. The van der Waals surface area contributed by atoms with Crippen molar-refractivity contribution in [2.24, 2.45) is 5.41 Å². The van der Waals surface area contributed by atoms with Gasteiger partial charge in [-0.05, 0) is 34.8 Å². The maximum absolute atomic E-state index is 4.13.